The van der Waals surface area contributed by atoms with E-state index in [0.29, 0.717) is 24.4 Å². The van der Waals surface area contributed by atoms with Gasteiger partial charge in [-0.1, -0.05) is 25.3 Å². The van der Waals surface area contributed by atoms with Gasteiger partial charge in [0.05, 0.1) is 13.7 Å². The number of benzene rings is 1. The lowest BCUT2D eigenvalue weighted by Gasteiger charge is -2.21. The summed E-state index contributed by atoms with van der Waals surface area (Å²) in [6.07, 6.45) is 6.49. The summed E-state index contributed by atoms with van der Waals surface area (Å²) < 4.78 is 10.9. The molecule has 1 aliphatic carbocycles. The third-order valence-corrected chi connectivity index (χ3v) is 3.93. The molecule has 5 nitrogen and oxygen atoms in total. The largest absolute Gasteiger partial charge is 0.497 e. The van der Waals surface area contributed by atoms with Gasteiger partial charge in [0, 0.05) is 11.6 Å². The molecule has 0 spiro atoms. The molecule has 1 saturated carbocycles. The second kappa shape index (κ2) is 6.72. The van der Waals surface area contributed by atoms with Crippen LogP contribution in [0.4, 0.5) is 0 Å². The SMILES string of the molecule is COc1cccc(-c2nnc(CNC3CCCCC3)o2)c1. The van der Waals surface area contributed by atoms with Crippen LogP contribution < -0.4 is 10.1 Å². The fourth-order valence-electron chi connectivity index (χ4n) is 2.74. The predicted octanol–water partition coefficient (Wildman–Crippen LogP) is 3.17. The molecule has 3 rings (SSSR count). The molecule has 2 aromatic rings. The number of aromatic nitrogens is 2. The van der Waals surface area contributed by atoms with Gasteiger partial charge >= 0.3 is 0 Å². The Morgan fingerprint density at radius 2 is 2.10 bits per heavy atom. The van der Waals surface area contributed by atoms with Crippen molar-refractivity contribution in [2.45, 2.75) is 44.7 Å². The van der Waals surface area contributed by atoms with Gasteiger partial charge in [-0.15, -0.1) is 10.2 Å². The molecule has 21 heavy (non-hydrogen) atoms. The topological polar surface area (TPSA) is 60.2 Å². The highest BCUT2D eigenvalue weighted by Gasteiger charge is 2.14. The van der Waals surface area contributed by atoms with Crippen molar-refractivity contribution in [2.75, 3.05) is 7.11 Å². The Morgan fingerprint density at radius 1 is 1.24 bits per heavy atom. The van der Waals surface area contributed by atoms with Crippen molar-refractivity contribution in [3.8, 4) is 17.2 Å². The predicted molar refractivity (Wildman–Crippen MR) is 80.0 cm³/mol. The minimum absolute atomic E-state index is 0.536. The van der Waals surface area contributed by atoms with Crippen molar-refractivity contribution in [2.24, 2.45) is 0 Å². The van der Waals surface area contributed by atoms with E-state index in [1.165, 1.54) is 32.1 Å². The highest BCUT2D eigenvalue weighted by atomic mass is 16.5. The summed E-state index contributed by atoms with van der Waals surface area (Å²) in [5, 5.41) is 11.7. The van der Waals surface area contributed by atoms with Crippen LogP contribution in [0.15, 0.2) is 28.7 Å². The van der Waals surface area contributed by atoms with E-state index in [2.05, 4.69) is 15.5 Å². The lowest BCUT2D eigenvalue weighted by Crippen LogP contribution is -2.30. The van der Waals surface area contributed by atoms with Crippen LogP contribution in [0.2, 0.25) is 0 Å². The van der Waals surface area contributed by atoms with Gasteiger partial charge in [0.1, 0.15) is 5.75 Å². The third-order valence-electron chi connectivity index (χ3n) is 3.93. The van der Waals surface area contributed by atoms with E-state index < -0.39 is 0 Å². The first-order valence-corrected chi connectivity index (χ1v) is 7.55. The lowest BCUT2D eigenvalue weighted by molar-refractivity contribution is 0.354. The normalized spacial score (nSPS) is 16.0. The second-order valence-corrected chi connectivity index (χ2v) is 5.45. The molecular weight excluding hydrogens is 266 g/mol. The van der Waals surface area contributed by atoms with E-state index in [1.54, 1.807) is 7.11 Å². The molecule has 0 amide bonds. The van der Waals surface area contributed by atoms with E-state index in [0.717, 1.165) is 11.3 Å². The number of nitrogens with zero attached hydrogens (tertiary/aromatic N) is 2. The monoisotopic (exact) mass is 287 g/mol. The highest BCUT2D eigenvalue weighted by Crippen LogP contribution is 2.23. The summed E-state index contributed by atoms with van der Waals surface area (Å²) in [5.41, 5.74) is 0.880. The zero-order valence-electron chi connectivity index (χ0n) is 12.3. The standard InChI is InChI=1S/C16H21N3O2/c1-20-14-9-5-6-12(10-14)16-19-18-15(21-16)11-17-13-7-3-2-4-8-13/h5-6,9-10,13,17H,2-4,7-8,11H2,1H3. The van der Waals surface area contributed by atoms with Crippen molar-refractivity contribution in [3.05, 3.63) is 30.2 Å². The number of ether oxygens (including phenoxy) is 1. The highest BCUT2D eigenvalue weighted by molar-refractivity contribution is 5.55. The zero-order chi connectivity index (χ0) is 14.5. The van der Waals surface area contributed by atoms with Crippen molar-refractivity contribution in [1.82, 2.24) is 15.5 Å². The zero-order valence-corrected chi connectivity index (χ0v) is 12.3. The molecule has 0 saturated heterocycles. The van der Waals surface area contributed by atoms with Crippen molar-refractivity contribution in [1.29, 1.82) is 0 Å². The molecule has 0 unspecified atom stereocenters. The number of methoxy groups -OCH3 is 1. The Kier molecular flexibility index (Phi) is 4.50. The molecule has 0 radical (unpaired) electrons. The number of rotatable bonds is 5. The molecule has 1 aromatic heterocycles. The smallest absolute Gasteiger partial charge is 0.247 e. The van der Waals surface area contributed by atoms with Gasteiger partial charge in [-0.05, 0) is 31.0 Å². The molecule has 1 aliphatic rings. The Labute approximate surface area is 124 Å². The van der Waals surface area contributed by atoms with Crippen molar-refractivity contribution in [3.63, 3.8) is 0 Å². The first-order chi connectivity index (χ1) is 10.3. The van der Waals surface area contributed by atoms with Crippen LogP contribution >= 0.6 is 0 Å². The van der Waals surface area contributed by atoms with Gasteiger partial charge in [-0.25, -0.2) is 0 Å². The number of nitrogens with one attached hydrogen (secondary N) is 1. The summed E-state index contributed by atoms with van der Waals surface area (Å²) in [4.78, 5) is 0. The summed E-state index contributed by atoms with van der Waals surface area (Å²) in [6.45, 7) is 0.641. The fourth-order valence-corrected chi connectivity index (χ4v) is 2.74. The van der Waals surface area contributed by atoms with Gasteiger partial charge in [-0.2, -0.15) is 0 Å². The third kappa shape index (κ3) is 3.61. The van der Waals surface area contributed by atoms with Crippen LogP contribution in [0, 0.1) is 0 Å². The van der Waals surface area contributed by atoms with Gasteiger partial charge < -0.3 is 14.5 Å². The van der Waals surface area contributed by atoms with Crippen molar-refractivity contribution >= 4 is 0 Å². The van der Waals surface area contributed by atoms with Crippen LogP contribution in [0.25, 0.3) is 11.5 Å². The Hall–Kier alpha value is -1.88. The molecular formula is C16H21N3O2. The quantitative estimate of drug-likeness (QED) is 0.915. The van der Waals surface area contributed by atoms with Crippen LogP contribution in [0.1, 0.15) is 38.0 Å². The van der Waals surface area contributed by atoms with Gasteiger partial charge in [0.25, 0.3) is 0 Å². The number of hydrogen-bond donors (Lipinski definition) is 1. The first-order valence-electron chi connectivity index (χ1n) is 7.55. The Bertz CT molecular complexity index is 576. The summed E-state index contributed by atoms with van der Waals surface area (Å²) in [5.74, 6) is 1.96. The molecule has 1 N–H and O–H groups in total. The molecule has 112 valence electrons. The molecule has 0 atom stereocenters. The van der Waals surface area contributed by atoms with Gasteiger partial charge in [0.2, 0.25) is 11.8 Å². The van der Waals surface area contributed by atoms with E-state index in [1.807, 2.05) is 24.3 Å². The molecule has 1 aromatic carbocycles. The first kappa shape index (κ1) is 14.1. The van der Waals surface area contributed by atoms with Crippen LogP contribution in [-0.4, -0.2) is 23.3 Å². The maximum atomic E-state index is 5.72. The van der Waals surface area contributed by atoms with E-state index in [4.69, 9.17) is 9.15 Å². The minimum Gasteiger partial charge on any atom is -0.497 e. The summed E-state index contributed by atoms with van der Waals surface area (Å²) in [6, 6.07) is 8.23. The van der Waals surface area contributed by atoms with Crippen LogP contribution in [-0.2, 0) is 6.54 Å². The summed E-state index contributed by atoms with van der Waals surface area (Å²) >= 11 is 0. The van der Waals surface area contributed by atoms with Crippen molar-refractivity contribution < 1.29 is 9.15 Å². The average Bonchev–Trinajstić information content (AvgIpc) is 3.03. The van der Waals surface area contributed by atoms with E-state index in [9.17, 15) is 0 Å². The minimum atomic E-state index is 0.536. The number of hydrogen-bond acceptors (Lipinski definition) is 5. The Balaban J connectivity index is 1.62. The van der Waals surface area contributed by atoms with Gasteiger partial charge in [0.15, 0.2) is 0 Å². The molecule has 0 aliphatic heterocycles. The molecule has 5 heteroatoms. The van der Waals surface area contributed by atoms with Crippen LogP contribution in [0.3, 0.4) is 0 Å². The van der Waals surface area contributed by atoms with Crippen LogP contribution in [0.5, 0.6) is 5.75 Å². The lowest BCUT2D eigenvalue weighted by atomic mass is 9.95. The maximum Gasteiger partial charge on any atom is 0.247 e. The average molecular weight is 287 g/mol. The molecule has 1 fully saturated rings. The maximum absolute atomic E-state index is 5.72. The molecule has 0 bridgehead atoms. The van der Waals surface area contributed by atoms with Gasteiger partial charge in [-0.3, -0.25) is 0 Å². The van der Waals surface area contributed by atoms with E-state index >= 15 is 0 Å². The molecule has 1 heterocycles. The second-order valence-electron chi connectivity index (χ2n) is 5.45. The Morgan fingerprint density at radius 3 is 2.90 bits per heavy atom. The van der Waals surface area contributed by atoms with E-state index in [-0.39, 0.29) is 0 Å². The fraction of sp³-hybridized carbons (Fsp3) is 0.500. The summed E-state index contributed by atoms with van der Waals surface area (Å²) in [7, 11) is 1.65.